The van der Waals surface area contributed by atoms with Crippen LogP contribution in [0, 0.1) is 13.8 Å². The molecule has 0 saturated carbocycles. The van der Waals surface area contributed by atoms with Gasteiger partial charge in [-0.1, -0.05) is 41.3 Å². The molecule has 1 aromatic heterocycles. The zero-order valence-electron chi connectivity index (χ0n) is 16.9. The minimum atomic E-state index is -0.268. The van der Waals surface area contributed by atoms with E-state index in [0.717, 1.165) is 21.3 Å². The van der Waals surface area contributed by atoms with Crippen LogP contribution < -0.4 is 15.4 Å². The highest BCUT2D eigenvalue weighted by molar-refractivity contribution is 8.02. The third-order valence-electron chi connectivity index (χ3n) is 4.44. The zero-order chi connectivity index (χ0) is 20.8. The molecule has 0 spiro atoms. The van der Waals surface area contributed by atoms with Gasteiger partial charge in [-0.25, -0.2) is 0 Å². The lowest BCUT2D eigenvalue weighted by atomic mass is 10.1. The Morgan fingerprint density at radius 2 is 1.90 bits per heavy atom. The van der Waals surface area contributed by atoms with Crippen molar-refractivity contribution < 1.29 is 9.53 Å². The summed E-state index contributed by atoms with van der Waals surface area (Å²) in [5.74, 6) is 0.759. The first-order chi connectivity index (χ1) is 13.9. The number of hydrogen-bond donors (Lipinski definition) is 2. The second kappa shape index (κ2) is 9.76. The molecule has 0 aliphatic rings. The summed E-state index contributed by atoms with van der Waals surface area (Å²) in [7, 11) is 1.63. The van der Waals surface area contributed by atoms with Crippen LogP contribution in [0.1, 0.15) is 23.6 Å². The fourth-order valence-corrected chi connectivity index (χ4v) is 4.47. The maximum Gasteiger partial charge on any atom is 0.233 e. The zero-order valence-corrected chi connectivity index (χ0v) is 18.5. The molecular formula is C21H24N4O2S2. The number of rotatable bonds is 8. The van der Waals surface area contributed by atoms with Gasteiger partial charge in [-0.15, -0.1) is 10.2 Å². The Hall–Kier alpha value is -2.58. The van der Waals surface area contributed by atoms with E-state index in [0.29, 0.717) is 11.7 Å². The molecule has 0 radical (unpaired) electrons. The van der Waals surface area contributed by atoms with Gasteiger partial charge < -0.3 is 15.4 Å². The highest BCUT2D eigenvalue weighted by atomic mass is 32.2. The molecule has 2 aromatic carbocycles. The van der Waals surface area contributed by atoms with Gasteiger partial charge in [-0.2, -0.15) is 0 Å². The molecule has 0 saturated heterocycles. The van der Waals surface area contributed by atoms with Crippen molar-refractivity contribution in [2.45, 2.75) is 36.9 Å². The summed E-state index contributed by atoms with van der Waals surface area (Å²) in [6.07, 6.45) is 0. The van der Waals surface area contributed by atoms with Crippen LogP contribution in [-0.2, 0) is 11.3 Å². The first kappa shape index (κ1) is 21.1. The minimum Gasteiger partial charge on any atom is -0.497 e. The van der Waals surface area contributed by atoms with Crippen LogP contribution in [-0.4, -0.2) is 28.5 Å². The summed E-state index contributed by atoms with van der Waals surface area (Å²) in [6, 6.07) is 13.8. The van der Waals surface area contributed by atoms with Crippen molar-refractivity contribution in [3.8, 4) is 5.75 Å². The molecule has 0 bridgehead atoms. The number of nitrogens with one attached hydrogen (secondary N) is 2. The van der Waals surface area contributed by atoms with Crippen molar-refractivity contribution in [3.63, 3.8) is 0 Å². The normalized spacial score (nSPS) is 11.7. The van der Waals surface area contributed by atoms with Gasteiger partial charge in [0.2, 0.25) is 11.0 Å². The standard InChI is InChI=1S/C21H24N4O2S2/c1-13-5-8-17(11-14(13)2)23-20-24-25-21(29-20)28-15(3)19(26)22-12-16-6-9-18(27-4)10-7-16/h5-11,15H,12H2,1-4H3,(H,22,26)(H,23,24). The minimum absolute atomic E-state index is 0.0373. The molecule has 8 heteroatoms. The van der Waals surface area contributed by atoms with Crippen molar-refractivity contribution >= 4 is 39.8 Å². The van der Waals surface area contributed by atoms with E-state index < -0.39 is 0 Å². The third-order valence-corrected chi connectivity index (χ3v) is 6.46. The Bertz CT molecular complexity index is 973. The molecule has 1 amide bonds. The number of nitrogens with zero attached hydrogens (tertiary/aromatic N) is 2. The summed E-state index contributed by atoms with van der Waals surface area (Å²) in [4.78, 5) is 12.4. The molecule has 1 heterocycles. The van der Waals surface area contributed by atoms with Crippen molar-refractivity contribution in [2.75, 3.05) is 12.4 Å². The van der Waals surface area contributed by atoms with Crippen molar-refractivity contribution in [3.05, 3.63) is 59.2 Å². The van der Waals surface area contributed by atoms with Gasteiger partial charge in [0.15, 0.2) is 4.34 Å². The predicted molar refractivity (Wildman–Crippen MR) is 119 cm³/mol. The van der Waals surface area contributed by atoms with E-state index in [-0.39, 0.29) is 11.2 Å². The molecule has 3 aromatic rings. The second-order valence-corrected chi connectivity index (χ2v) is 9.19. The maximum absolute atomic E-state index is 12.4. The Balaban J connectivity index is 1.51. The predicted octanol–water partition coefficient (Wildman–Crippen LogP) is 4.70. The monoisotopic (exact) mass is 428 g/mol. The number of thioether (sulfide) groups is 1. The summed E-state index contributed by atoms with van der Waals surface area (Å²) >= 11 is 2.84. The van der Waals surface area contributed by atoms with Gasteiger partial charge >= 0.3 is 0 Å². The number of aryl methyl sites for hydroxylation is 2. The largest absolute Gasteiger partial charge is 0.497 e. The number of anilines is 2. The van der Waals surface area contributed by atoms with Crippen molar-refractivity contribution in [2.24, 2.45) is 0 Å². The third kappa shape index (κ3) is 5.95. The number of methoxy groups -OCH3 is 1. The molecule has 0 aliphatic carbocycles. The van der Waals surface area contributed by atoms with Gasteiger partial charge in [0, 0.05) is 12.2 Å². The highest BCUT2D eigenvalue weighted by Gasteiger charge is 2.17. The number of hydrogen-bond acceptors (Lipinski definition) is 7. The van der Waals surface area contributed by atoms with Gasteiger partial charge in [0.1, 0.15) is 5.75 Å². The topological polar surface area (TPSA) is 76.1 Å². The van der Waals surface area contributed by atoms with E-state index in [1.165, 1.54) is 34.2 Å². The summed E-state index contributed by atoms with van der Waals surface area (Å²) < 4.78 is 5.90. The highest BCUT2D eigenvalue weighted by Crippen LogP contribution is 2.30. The molecule has 6 nitrogen and oxygen atoms in total. The number of amides is 1. The SMILES string of the molecule is COc1ccc(CNC(=O)C(C)Sc2nnc(Nc3ccc(C)c(C)c3)s2)cc1. The summed E-state index contributed by atoms with van der Waals surface area (Å²) in [6.45, 7) is 6.50. The molecule has 0 fully saturated rings. The smallest absolute Gasteiger partial charge is 0.233 e. The molecule has 29 heavy (non-hydrogen) atoms. The van der Waals surface area contributed by atoms with Crippen LogP contribution in [0.3, 0.4) is 0 Å². The molecule has 1 atom stereocenters. The number of carbonyl (C=O) groups excluding carboxylic acids is 1. The molecule has 3 rings (SSSR count). The van der Waals surface area contributed by atoms with Gasteiger partial charge in [-0.05, 0) is 61.7 Å². The molecule has 1 unspecified atom stereocenters. The van der Waals surface area contributed by atoms with E-state index in [1.54, 1.807) is 7.11 Å². The van der Waals surface area contributed by atoms with E-state index in [9.17, 15) is 4.79 Å². The second-order valence-electron chi connectivity index (χ2n) is 6.62. The summed E-state index contributed by atoms with van der Waals surface area (Å²) in [5, 5.41) is 15.0. The van der Waals surface area contributed by atoms with E-state index in [2.05, 4.69) is 46.8 Å². The molecular weight excluding hydrogens is 404 g/mol. The molecule has 0 aliphatic heterocycles. The van der Waals surface area contributed by atoms with Crippen molar-refractivity contribution in [1.29, 1.82) is 0 Å². The van der Waals surface area contributed by atoms with E-state index in [4.69, 9.17) is 4.74 Å². The first-order valence-electron chi connectivity index (χ1n) is 9.19. The van der Waals surface area contributed by atoms with Crippen LogP contribution in [0.15, 0.2) is 46.8 Å². The lowest BCUT2D eigenvalue weighted by molar-refractivity contribution is -0.120. The van der Waals surface area contributed by atoms with Crippen LogP contribution in [0.25, 0.3) is 0 Å². The van der Waals surface area contributed by atoms with Crippen LogP contribution >= 0.6 is 23.1 Å². The number of carbonyl (C=O) groups is 1. The average molecular weight is 429 g/mol. The Morgan fingerprint density at radius 3 is 2.59 bits per heavy atom. The lowest BCUT2D eigenvalue weighted by Crippen LogP contribution is -2.30. The van der Waals surface area contributed by atoms with Crippen molar-refractivity contribution in [1.82, 2.24) is 15.5 Å². The van der Waals surface area contributed by atoms with Gasteiger partial charge in [0.25, 0.3) is 0 Å². The Labute approximate surface area is 179 Å². The fraction of sp³-hybridized carbons (Fsp3) is 0.286. The fourth-order valence-electron chi connectivity index (χ4n) is 2.53. The number of benzene rings is 2. The van der Waals surface area contributed by atoms with Crippen LogP contribution in [0.5, 0.6) is 5.75 Å². The Morgan fingerprint density at radius 1 is 1.14 bits per heavy atom. The van der Waals surface area contributed by atoms with E-state index in [1.807, 2.05) is 37.3 Å². The average Bonchev–Trinajstić information content (AvgIpc) is 3.16. The van der Waals surface area contributed by atoms with Crippen LogP contribution in [0.2, 0.25) is 0 Å². The summed E-state index contributed by atoms with van der Waals surface area (Å²) in [5.41, 5.74) is 4.47. The lowest BCUT2D eigenvalue weighted by Gasteiger charge is -2.10. The quantitative estimate of drug-likeness (QED) is 0.506. The molecule has 2 N–H and O–H groups in total. The maximum atomic E-state index is 12.4. The molecule has 152 valence electrons. The number of ether oxygens (including phenoxy) is 1. The first-order valence-corrected chi connectivity index (χ1v) is 10.9. The number of aromatic nitrogens is 2. The van der Waals surface area contributed by atoms with Gasteiger partial charge in [0.05, 0.1) is 12.4 Å². The van der Waals surface area contributed by atoms with Gasteiger partial charge in [-0.3, -0.25) is 4.79 Å². The Kier molecular flexibility index (Phi) is 7.11. The van der Waals surface area contributed by atoms with Crippen LogP contribution in [0.4, 0.5) is 10.8 Å². The van der Waals surface area contributed by atoms with E-state index >= 15 is 0 Å².